The minimum Gasteiger partial charge on any atom is -0.344 e. The van der Waals surface area contributed by atoms with Gasteiger partial charge < -0.3 is 9.80 Å². The van der Waals surface area contributed by atoms with Crippen LogP contribution in [0.2, 0.25) is 5.15 Å². The number of amides is 1. The van der Waals surface area contributed by atoms with Crippen molar-refractivity contribution in [2.45, 2.75) is 11.4 Å². The van der Waals surface area contributed by atoms with E-state index in [0.717, 1.165) is 21.4 Å². The van der Waals surface area contributed by atoms with Crippen molar-refractivity contribution in [1.29, 1.82) is 0 Å². The fourth-order valence-electron chi connectivity index (χ4n) is 2.22. The number of hydrogen-bond acceptors (Lipinski definition) is 3. The standard InChI is InChI=1S/C16H20ClN3OS/c1-19(2)15(21)10-20(3)9-12-7-11-5-6-13(22-4)8-14(11)18-16(12)17/h5-8H,9-10H2,1-4H3/p+1. The zero-order valence-electron chi connectivity index (χ0n) is 13.3. The molecule has 0 spiro atoms. The van der Waals surface area contributed by atoms with Gasteiger partial charge in [-0.1, -0.05) is 17.7 Å². The molecule has 1 atom stereocenters. The highest BCUT2D eigenvalue weighted by atomic mass is 35.5. The zero-order valence-corrected chi connectivity index (χ0v) is 14.9. The number of nitrogens with one attached hydrogen (secondary N) is 1. The summed E-state index contributed by atoms with van der Waals surface area (Å²) >= 11 is 8.00. The number of halogens is 1. The summed E-state index contributed by atoms with van der Waals surface area (Å²) in [6, 6.07) is 8.26. The second kappa shape index (κ2) is 7.31. The SMILES string of the molecule is CSc1ccc2cc(C[NH+](C)CC(=O)N(C)C)c(Cl)nc2c1. The van der Waals surface area contributed by atoms with Gasteiger partial charge in [0, 0.05) is 29.9 Å². The Bertz CT molecular complexity index is 690. The zero-order chi connectivity index (χ0) is 16.3. The van der Waals surface area contributed by atoms with Crippen LogP contribution in [0.1, 0.15) is 5.56 Å². The Morgan fingerprint density at radius 1 is 1.36 bits per heavy atom. The Hall–Kier alpha value is -1.30. The second-order valence-corrected chi connectivity index (χ2v) is 6.83. The molecule has 2 rings (SSSR count). The van der Waals surface area contributed by atoms with E-state index in [1.54, 1.807) is 30.8 Å². The number of nitrogens with zero attached hydrogens (tertiary/aromatic N) is 2. The van der Waals surface area contributed by atoms with Crippen LogP contribution in [0.25, 0.3) is 10.9 Å². The van der Waals surface area contributed by atoms with Gasteiger partial charge in [0.1, 0.15) is 11.7 Å². The van der Waals surface area contributed by atoms with Gasteiger partial charge in [-0.3, -0.25) is 4.79 Å². The molecular formula is C16H21ClN3OS+. The highest BCUT2D eigenvalue weighted by molar-refractivity contribution is 7.98. The van der Waals surface area contributed by atoms with E-state index in [9.17, 15) is 4.79 Å². The molecule has 0 aliphatic carbocycles. The molecule has 118 valence electrons. The summed E-state index contributed by atoms with van der Waals surface area (Å²) in [6.07, 6.45) is 2.04. The topological polar surface area (TPSA) is 37.6 Å². The summed E-state index contributed by atoms with van der Waals surface area (Å²) in [5, 5.41) is 1.59. The third kappa shape index (κ3) is 4.12. The van der Waals surface area contributed by atoms with Crippen LogP contribution < -0.4 is 4.90 Å². The smallest absolute Gasteiger partial charge is 0.277 e. The van der Waals surface area contributed by atoms with E-state index in [-0.39, 0.29) is 5.91 Å². The highest BCUT2D eigenvalue weighted by Gasteiger charge is 2.15. The van der Waals surface area contributed by atoms with E-state index in [1.165, 1.54) is 4.90 Å². The molecular weight excluding hydrogens is 318 g/mol. The molecule has 1 aromatic carbocycles. The van der Waals surface area contributed by atoms with Crippen LogP contribution in [0, 0.1) is 0 Å². The van der Waals surface area contributed by atoms with Gasteiger partial charge in [-0.25, -0.2) is 4.98 Å². The lowest BCUT2D eigenvalue weighted by Gasteiger charge is -2.17. The van der Waals surface area contributed by atoms with E-state index in [0.29, 0.717) is 18.2 Å². The van der Waals surface area contributed by atoms with Gasteiger partial charge in [-0.05, 0) is 24.5 Å². The normalized spacial score (nSPS) is 12.4. The van der Waals surface area contributed by atoms with Gasteiger partial charge in [0.2, 0.25) is 0 Å². The molecule has 22 heavy (non-hydrogen) atoms. The molecule has 1 N–H and O–H groups in total. The average Bonchev–Trinajstić information content (AvgIpc) is 2.47. The molecule has 1 amide bonds. The maximum absolute atomic E-state index is 11.8. The minimum atomic E-state index is 0.104. The lowest BCUT2D eigenvalue weighted by Crippen LogP contribution is -3.08. The van der Waals surface area contributed by atoms with Crippen LogP contribution >= 0.6 is 23.4 Å². The average molecular weight is 339 g/mol. The third-order valence-electron chi connectivity index (χ3n) is 3.49. The third-order valence-corrected chi connectivity index (χ3v) is 4.55. The molecule has 0 radical (unpaired) electrons. The van der Waals surface area contributed by atoms with Crippen molar-refractivity contribution in [3.63, 3.8) is 0 Å². The summed E-state index contributed by atoms with van der Waals surface area (Å²) in [6.45, 7) is 1.11. The van der Waals surface area contributed by atoms with Crippen LogP contribution in [-0.2, 0) is 11.3 Å². The molecule has 1 heterocycles. The molecule has 0 saturated carbocycles. The lowest BCUT2D eigenvalue weighted by atomic mass is 10.1. The Morgan fingerprint density at radius 3 is 2.73 bits per heavy atom. The molecule has 4 nitrogen and oxygen atoms in total. The summed E-state index contributed by atoms with van der Waals surface area (Å²) in [4.78, 5) is 20.1. The molecule has 0 saturated heterocycles. The fourth-order valence-corrected chi connectivity index (χ4v) is 2.87. The number of pyridine rings is 1. The van der Waals surface area contributed by atoms with Crippen LogP contribution in [0.4, 0.5) is 0 Å². The predicted octanol–water partition coefficient (Wildman–Crippen LogP) is 1.71. The fraction of sp³-hybridized carbons (Fsp3) is 0.375. The lowest BCUT2D eigenvalue weighted by molar-refractivity contribution is -0.885. The number of carbonyl (C=O) groups is 1. The van der Waals surface area contributed by atoms with Crippen LogP contribution in [-0.4, -0.2) is 49.7 Å². The second-order valence-electron chi connectivity index (χ2n) is 5.60. The van der Waals surface area contributed by atoms with E-state index in [4.69, 9.17) is 11.6 Å². The van der Waals surface area contributed by atoms with Gasteiger partial charge >= 0.3 is 0 Å². The van der Waals surface area contributed by atoms with Gasteiger partial charge in [0.05, 0.1) is 12.6 Å². The van der Waals surface area contributed by atoms with E-state index in [2.05, 4.69) is 23.2 Å². The molecule has 0 bridgehead atoms. The summed E-state index contributed by atoms with van der Waals surface area (Å²) in [5.74, 6) is 0.104. The molecule has 6 heteroatoms. The number of benzene rings is 1. The molecule has 0 aliphatic rings. The molecule has 0 aliphatic heterocycles. The number of carbonyl (C=O) groups excluding carboxylic acids is 1. The minimum absolute atomic E-state index is 0.104. The number of thioether (sulfide) groups is 1. The Morgan fingerprint density at radius 2 is 2.09 bits per heavy atom. The Labute approximate surface area is 140 Å². The number of aromatic nitrogens is 1. The first-order valence-corrected chi connectivity index (χ1v) is 8.65. The van der Waals surface area contributed by atoms with Crippen LogP contribution in [0.15, 0.2) is 29.2 Å². The van der Waals surface area contributed by atoms with E-state index in [1.807, 2.05) is 19.4 Å². The number of likely N-dealkylation sites (N-methyl/N-ethyl adjacent to an activating group) is 2. The largest absolute Gasteiger partial charge is 0.344 e. The molecule has 0 fully saturated rings. The summed E-state index contributed by atoms with van der Waals surface area (Å²) in [5.41, 5.74) is 1.87. The van der Waals surface area contributed by atoms with Crippen molar-refractivity contribution in [1.82, 2.24) is 9.88 Å². The van der Waals surface area contributed by atoms with Gasteiger partial charge in [0.25, 0.3) is 5.91 Å². The first-order chi connectivity index (χ1) is 10.4. The van der Waals surface area contributed by atoms with E-state index >= 15 is 0 Å². The van der Waals surface area contributed by atoms with Crippen molar-refractivity contribution in [3.8, 4) is 0 Å². The quantitative estimate of drug-likeness (QED) is 0.666. The maximum atomic E-state index is 11.8. The van der Waals surface area contributed by atoms with Crippen molar-refractivity contribution in [3.05, 3.63) is 35.0 Å². The maximum Gasteiger partial charge on any atom is 0.277 e. The van der Waals surface area contributed by atoms with Crippen molar-refractivity contribution in [2.75, 3.05) is 33.9 Å². The first kappa shape index (κ1) is 17.1. The number of quaternary nitrogens is 1. The highest BCUT2D eigenvalue weighted by Crippen LogP contribution is 2.24. The Kier molecular flexibility index (Phi) is 5.67. The van der Waals surface area contributed by atoms with Crippen molar-refractivity contribution in [2.24, 2.45) is 0 Å². The first-order valence-electron chi connectivity index (χ1n) is 7.05. The van der Waals surface area contributed by atoms with Crippen LogP contribution in [0.3, 0.4) is 0 Å². The van der Waals surface area contributed by atoms with Gasteiger partial charge in [-0.2, -0.15) is 0 Å². The number of rotatable bonds is 5. The van der Waals surface area contributed by atoms with Gasteiger partial charge in [0.15, 0.2) is 6.54 Å². The number of fused-ring (bicyclic) bond motifs is 1. The van der Waals surface area contributed by atoms with Gasteiger partial charge in [-0.15, -0.1) is 11.8 Å². The van der Waals surface area contributed by atoms with Crippen molar-refractivity contribution < 1.29 is 9.69 Å². The van der Waals surface area contributed by atoms with Crippen molar-refractivity contribution >= 4 is 40.2 Å². The molecule has 1 aromatic heterocycles. The number of hydrogen-bond donors (Lipinski definition) is 1. The predicted molar refractivity (Wildman–Crippen MR) is 92.7 cm³/mol. The summed E-state index contributed by atoms with van der Waals surface area (Å²) in [7, 11) is 5.52. The summed E-state index contributed by atoms with van der Waals surface area (Å²) < 4.78 is 0. The molecule has 1 unspecified atom stereocenters. The Balaban J connectivity index is 2.21. The van der Waals surface area contributed by atoms with Crippen LogP contribution in [0.5, 0.6) is 0 Å². The molecule has 2 aromatic rings. The van der Waals surface area contributed by atoms with E-state index < -0.39 is 0 Å². The monoisotopic (exact) mass is 338 g/mol.